The zero-order chi connectivity index (χ0) is 25.8. The van der Waals surface area contributed by atoms with Crippen molar-refractivity contribution in [3.8, 4) is 11.5 Å². The second-order valence-electron chi connectivity index (χ2n) is 9.11. The summed E-state index contributed by atoms with van der Waals surface area (Å²) in [5.41, 5.74) is 4.43. The van der Waals surface area contributed by atoms with Crippen molar-refractivity contribution in [1.82, 2.24) is 25.6 Å². The minimum Gasteiger partial charge on any atom is -0.494 e. The van der Waals surface area contributed by atoms with Gasteiger partial charge in [-0.05, 0) is 83.6 Å². The number of hydrogen-bond donors (Lipinski definition) is 1. The molecule has 7 heteroatoms. The molecule has 0 saturated heterocycles. The number of aryl methyl sites for hydroxylation is 1. The Balaban J connectivity index is 0.996. The van der Waals surface area contributed by atoms with Gasteiger partial charge in [-0.2, -0.15) is 0 Å². The molecular formula is C31H31N5O2. The third-order valence-corrected chi connectivity index (χ3v) is 6.23. The maximum absolute atomic E-state index is 5.94. The lowest BCUT2D eigenvalue weighted by molar-refractivity contribution is 0.301. The van der Waals surface area contributed by atoms with Gasteiger partial charge in [0.05, 0.1) is 17.8 Å². The number of rotatable bonds is 13. The number of nitrogens with zero attached hydrogens (tertiary/aromatic N) is 4. The van der Waals surface area contributed by atoms with E-state index in [2.05, 4.69) is 74.2 Å². The number of pyridine rings is 1. The minimum atomic E-state index is 0.454. The van der Waals surface area contributed by atoms with Crippen LogP contribution in [-0.2, 0) is 25.9 Å². The summed E-state index contributed by atoms with van der Waals surface area (Å²) in [4.78, 5) is 4.67. The highest BCUT2D eigenvalue weighted by molar-refractivity contribution is 5.78. The molecule has 0 atom stereocenters. The highest BCUT2D eigenvalue weighted by Crippen LogP contribution is 2.17. The zero-order valence-corrected chi connectivity index (χ0v) is 21.3. The molecule has 0 radical (unpaired) electrons. The fourth-order valence-corrected chi connectivity index (χ4v) is 4.10. The fourth-order valence-electron chi connectivity index (χ4n) is 4.10. The van der Waals surface area contributed by atoms with Gasteiger partial charge in [0.2, 0.25) is 0 Å². The van der Waals surface area contributed by atoms with Gasteiger partial charge in [-0.1, -0.05) is 60.7 Å². The lowest BCUT2D eigenvalue weighted by atomic mass is 10.1. The molecule has 38 heavy (non-hydrogen) atoms. The highest BCUT2D eigenvalue weighted by atomic mass is 16.5. The van der Waals surface area contributed by atoms with Gasteiger partial charge in [0.1, 0.15) is 23.9 Å². The van der Waals surface area contributed by atoms with E-state index in [0.717, 1.165) is 66.0 Å². The van der Waals surface area contributed by atoms with E-state index in [9.17, 15) is 0 Å². The van der Waals surface area contributed by atoms with Crippen LogP contribution in [0, 0.1) is 0 Å². The number of unbranched alkanes of at least 4 members (excludes halogenated alkanes) is 1. The van der Waals surface area contributed by atoms with E-state index >= 15 is 0 Å². The van der Waals surface area contributed by atoms with Crippen LogP contribution >= 0.6 is 0 Å². The van der Waals surface area contributed by atoms with E-state index < -0.39 is 0 Å². The molecule has 0 bridgehead atoms. The summed E-state index contributed by atoms with van der Waals surface area (Å²) in [6.07, 6.45) is 8.98. The SMILES string of the molecule is C(=C\Cc1ccc(OCc2ccc3ccccc3n2)cc1)/Cc1ccc(OCCCCc2nnn[nH]2)cc1. The summed E-state index contributed by atoms with van der Waals surface area (Å²) < 4.78 is 11.8. The van der Waals surface area contributed by atoms with Crippen LogP contribution in [0.5, 0.6) is 11.5 Å². The Morgan fingerprint density at radius 1 is 0.711 bits per heavy atom. The molecule has 0 saturated carbocycles. The van der Waals surface area contributed by atoms with Crippen LogP contribution in [0.1, 0.15) is 35.5 Å². The van der Waals surface area contributed by atoms with Crippen LogP contribution in [0.4, 0.5) is 0 Å². The summed E-state index contributed by atoms with van der Waals surface area (Å²) in [6, 6.07) is 28.8. The molecule has 0 amide bonds. The molecule has 7 nitrogen and oxygen atoms in total. The van der Waals surface area contributed by atoms with E-state index in [4.69, 9.17) is 9.47 Å². The minimum absolute atomic E-state index is 0.454. The number of aromatic nitrogens is 5. The van der Waals surface area contributed by atoms with Gasteiger partial charge in [0, 0.05) is 11.8 Å². The Labute approximate surface area is 222 Å². The molecule has 5 rings (SSSR count). The summed E-state index contributed by atoms with van der Waals surface area (Å²) >= 11 is 0. The lowest BCUT2D eigenvalue weighted by Gasteiger charge is -2.07. The monoisotopic (exact) mass is 505 g/mol. The Bertz CT molecular complexity index is 1430. The van der Waals surface area contributed by atoms with Gasteiger partial charge in [0.25, 0.3) is 0 Å². The Morgan fingerprint density at radius 3 is 2.13 bits per heavy atom. The normalized spacial score (nSPS) is 11.3. The number of H-pyrrole nitrogens is 1. The van der Waals surface area contributed by atoms with E-state index in [1.807, 2.05) is 48.5 Å². The van der Waals surface area contributed by atoms with Crippen molar-refractivity contribution in [2.75, 3.05) is 6.61 Å². The number of ether oxygens (including phenoxy) is 2. The first kappa shape index (κ1) is 25.1. The molecule has 3 aromatic carbocycles. The van der Waals surface area contributed by atoms with Gasteiger partial charge >= 0.3 is 0 Å². The summed E-state index contributed by atoms with van der Waals surface area (Å²) in [5, 5.41) is 15.0. The van der Waals surface area contributed by atoms with Crippen molar-refractivity contribution in [2.45, 2.75) is 38.7 Å². The van der Waals surface area contributed by atoms with Crippen molar-refractivity contribution in [3.63, 3.8) is 0 Å². The van der Waals surface area contributed by atoms with E-state index in [0.29, 0.717) is 13.2 Å². The van der Waals surface area contributed by atoms with Crippen LogP contribution in [0.3, 0.4) is 0 Å². The molecule has 0 aliphatic carbocycles. The molecular weight excluding hydrogens is 474 g/mol. The first-order chi connectivity index (χ1) is 18.8. The maximum Gasteiger partial charge on any atom is 0.148 e. The first-order valence-electron chi connectivity index (χ1n) is 13.0. The molecule has 0 fully saturated rings. The number of tetrazole rings is 1. The van der Waals surface area contributed by atoms with Gasteiger partial charge in [-0.3, -0.25) is 0 Å². The predicted octanol–water partition coefficient (Wildman–Crippen LogP) is 6.07. The second kappa shape index (κ2) is 13.1. The van der Waals surface area contributed by atoms with Crippen molar-refractivity contribution >= 4 is 10.9 Å². The molecule has 0 aliphatic rings. The predicted molar refractivity (Wildman–Crippen MR) is 148 cm³/mol. The van der Waals surface area contributed by atoms with Gasteiger partial charge < -0.3 is 9.47 Å². The van der Waals surface area contributed by atoms with E-state index in [-0.39, 0.29) is 0 Å². The Morgan fingerprint density at radius 2 is 1.42 bits per heavy atom. The van der Waals surface area contributed by atoms with Crippen molar-refractivity contribution in [1.29, 1.82) is 0 Å². The average Bonchev–Trinajstić information content (AvgIpc) is 3.49. The molecule has 0 spiro atoms. The maximum atomic E-state index is 5.94. The lowest BCUT2D eigenvalue weighted by Crippen LogP contribution is -1.99. The topological polar surface area (TPSA) is 85.8 Å². The van der Waals surface area contributed by atoms with Crippen molar-refractivity contribution in [3.05, 3.63) is 120 Å². The zero-order valence-electron chi connectivity index (χ0n) is 21.3. The number of aromatic amines is 1. The molecule has 0 unspecified atom stereocenters. The third kappa shape index (κ3) is 7.49. The smallest absolute Gasteiger partial charge is 0.148 e. The van der Waals surface area contributed by atoms with Crippen LogP contribution in [-0.4, -0.2) is 32.2 Å². The van der Waals surface area contributed by atoms with Gasteiger partial charge in [-0.25, -0.2) is 10.1 Å². The van der Waals surface area contributed by atoms with Crippen LogP contribution < -0.4 is 9.47 Å². The molecule has 2 heterocycles. The Kier molecular flexibility index (Phi) is 8.70. The molecule has 5 aromatic rings. The summed E-state index contributed by atoms with van der Waals surface area (Å²) in [5.74, 6) is 2.57. The molecule has 192 valence electrons. The molecule has 2 aromatic heterocycles. The quantitative estimate of drug-likeness (QED) is 0.154. The van der Waals surface area contributed by atoms with Gasteiger partial charge in [-0.15, -0.1) is 5.10 Å². The first-order valence-corrected chi connectivity index (χ1v) is 13.0. The molecule has 1 N–H and O–H groups in total. The fraction of sp³-hybridized carbons (Fsp3) is 0.226. The van der Waals surface area contributed by atoms with Crippen LogP contribution in [0.2, 0.25) is 0 Å². The van der Waals surface area contributed by atoms with Crippen LogP contribution in [0.15, 0.2) is 97.1 Å². The molecule has 0 aliphatic heterocycles. The van der Waals surface area contributed by atoms with Crippen LogP contribution in [0.25, 0.3) is 10.9 Å². The van der Waals surface area contributed by atoms with Crippen molar-refractivity contribution in [2.24, 2.45) is 0 Å². The largest absolute Gasteiger partial charge is 0.494 e. The summed E-state index contributed by atoms with van der Waals surface area (Å²) in [7, 11) is 0. The summed E-state index contributed by atoms with van der Waals surface area (Å²) in [6.45, 7) is 1.14. The number of allylic oxidation sites excluding steroid dienone is 2. The Hall–Kier alpha value is -4.52. The number of para-hydroxylation sites is 1. The number of nitrogens with one attached hydrogen (secondary N) is 1. The number of fused-ring (bicyclic) bond motifs is 1. The van der Waals surface area contributed by atoms with E-state index in [1.54, 1.807) is 0 Å². The number of benzene rings is 3. The average molecular weight is 506 g/mol. The standard InChI is InChI=1S/C31H31N5O2/c1(7-24-12-18-28(19-13-24)37-22-6-5-11-31-33-35-36-34-31)2-8-25-14-20-29(21-15-25)38-23-27-17-16-26-9-3-4-10-30(26)32-27/h1-4,9-10,12-21H,5-8,11,22-23H2,(H,33,34,35,36)/b2-1+. The van der Waals surface area contributed by atoms with E-state index in [1.165, 1.54) is 11.1 Å². The van der Waals surface area contributed by atoms with Gasteiger partial charge in [0.15, 0.2) is 0 Å². The second-order valence-corrected chi connectivity index (χ2v) is 9.11. The third-order valence-electron chi connectivity index (χ3n) is 6.23. The number of hydrogen-bond acceptors (Lipinski definition) is 6. The highest BCUT2D eigenvalue weighted by Gasteiger charge is 2.01. The van der Waals surface area contributed by atoms with Crippen molar-refractivity contribution < 1.29 is 9.47 Å².